The van der Waals surface area contributed by atoms with Crippen LogP contribution in [0.1, 0.15) is 68.6 Å². The lowest BCUT2D eigenvalue weighted by molar-refractivity contribution is 0.443. The molecule has 0 saturated heterocycles. The summed E-state index contributed by atoms with van der Waals surface area (Å²) in [6.45, 7) is 4.41. The van der Waals surface area contributed by atoms with Crippen molar-refractivity contribution in [3.05, 3.63) is 28.8 Å². The van der Waals surface area contributed by atoms with Crippen LogP contribution in [0, 0.1) is 0 Å². The Labute approximate surface area is 105 Å². The maximum absolute atomic E-state index is 6.20. The topological polar surface area (TPSA) is 26.0 Å². The molecule has 1 aliphatic carbocycles. The number of hydrogen-bond donors (Lipinski definition) is 1. The van der Waals surface area contributed by atoms with Crippen LogP contribution >= 0.6 is 0 Å². The lowest BCUT2D eigenvalue weighted by atomic mass is 9.82. The first kappa shape index (κ1) is 12.5. The number of hydrogen-bond acceptors (Lipinski definition) is 1. The van der Waals surface area contributed by atoms with Gasteiger partial charge >= 0.3 is 0 Å². The van der Waals surface area contributed by atoms with Gasteiger partial charge in [-0.05, 0) is 48.3 Å². The van der Waals surface area contributed by atoms with Gasteiger partial charge in [-0.25, -0.2) is 0 Å². The molecule has 0 unspecified atom stereocenters. The molecule has 0 bridgehead atoms. The summed E-state index contributed by atoms with van der Waals surface area (Å²) in [4.78, 5) is 0. The van der Waals surface area contributed by atoms with E-state index in [0.717, 1.165) is 24.4 Å². The summed E-state index contributed by atoms with van der Waals surface area (Å²) in [5.41, 5.74) is 11.5. The van der Waals surface area contributed by atoms with E-state index in [4.69, 9.17) is 5.73 Å². The first-order chi connectivity index (χ1) is 8.26. The Balaban J connectivity index is 2.33. The van der Waals surface area contributed by atoms with Gasteiger partial charge in [0.05, 0.1) is 0 Å². The molecule has 0 aliphatic heterocycles. The molecule has 0 atom stereocenters. The predicted molar refractivity (Wildman–Crippen MR) is 75.4 cm³/mol. The monoisotopic (exact) mass is 231 g/mol. The van der Waals surface area contributed by atoms with Crippen LogP contribution < -0.4 is 5.73 Å². The molecule has 17 heavy (non-hydrogen) atoms. The minimum atomic E-state index is 0.792. The zero-order valence-corrected chi connectivity index (χ0v) is 11.3. The zero-order valence-electron chi connectivity index (χ0n) is 11.3. The molecule has 1 saturated carbocycles. The molecule has 2 N–H and O–H groups in total. The lowest BCUT2D eigenvalue weighted by Crippen LogP contribution is -2.07. The molecule has 1 fully saturated rings. The van der Waals surface area contributed by atoms with Crippen LogP contribution in [0.25, 0.3) is 0 Å². The van der Waals surface area contributed by atoms with Gasteiger partial charge in [-0.2, -0.15) is 0 Å². The lowest BCUT2D eigenvalue weighted by Gasteiger charge is -2.24. The number of nitrogen functional groups attached to an aromatic ring is 1. The van der Waals surface area contributed by atoms with Crippen molar-refractivity contribution in [1.82, 2.24) is 0 Å². The fraction of sp³-hybridized carbons (Fsp3) is 0.625. The molecule has 1 heteroatoms. The molecule has 0 heterocycles. The van der Waals surface area contributed by atoms with Gasteiger partial charge in [0, 0.05) is 5.69 Å². The number of nitrogens with two attached hydrogens (primary N) is 1. The van der Waals surface area contributed by atoms with E-state index in [-0.39, 0.29) is 0 Å². The number of rotatable bonds is 3. The average Bonchev–Trinajstić information content (AvgIpc) is 2.40. The molecule has 0 spiro atoms. The summed E-state index contributed by atoms with van der Waals surface area (Å²) in [5.74, 6) is 0.792. The quantitative estimate of drug-likeness (QED) is 0.765. The van der Waals surface area contributed by atoms with Crippen LogP contribution in [0.2, 0.25) is 0 Å². The van der Waals surface area contributed by atoms with Gasteiger partial charge in [-0.3, -0.25) is 0 Å². The molecule has 1 aromatic carbocycles. The minimum absolute atomic E-state index is 0.792. The fourth-order valence-electron chi connectivity index (χ4n) is 3.06. The van der Waals surface area contributed by atoms with Crippen LogP contribution in [0.4, 0.5) is 5.69 Å². The van der Waals surface area contributed by atoms with E-state index in [2.05, 4.69) is 26.0 Å². The highest BCUT2D eigenvalue weighted by Crippen LogP contribution is 2.35. The van der Waals surface area contributed by atoms with Crippen molar-refractivity contribution < 1.29 is 0 Å². The number of benzene rings is 1. The highest BCUT2D eigenvalue weighted by molar-refractivity contribution is 5.56. The van der Waals surface area contributed by atoms with Crippen molar-refractivity contribution in [3.8, 4) is 0 Å². The minimum Gasteiger partial charge on any atom is -0.398 e. The molecule has 0 radical (unpaired) electrons. The van der Waals surface area contributed by atoms with Crippen LogP contribution in [-0.2, 0) is 12.8 Å². The van der Waals surface area contributed by atoms with E-state index < -0.39 is 0 Å². The summed E-state index contributed by atoms with van der Waals surface area (Å²) in [6.07, 6.45) is 9.08. The first-order valence-corrected chi connectivity index (χ1v) is 7.17. The maximum Gasteiger partial charge on any atom is 0.0379 e. The molecule has 2 rings (SSSR count). The molecular formula is C16H25N. The third kappa shape index (κ3) is 2.65. The van der Waals surface area contributed by atoms with E-state index in [0.29, 0.717) is 0 Å². The first-order valence-electron chi connectivity index (χ1n) is 7.17. The van der Waals surface area contributed by atoms with Crippen molar-refractivity contribution in [1.29, 1.82) is 0 Å². The van der Waals surface area contributed by atoms with Gasteiger partial charge in [0.25, 0.3) is 0 Å². The fourth-order valence-corrected chi connectivity index (χ4v) is 3.06. The molecule has 1 aromatic rings. The van der Waals surface area contributed by atoms with Gasteiger partial charge in [0.15, 0.2) is 0 Å². The Morgan fingerprint density at radius 3 is 2.00 bits per heavy atom. The summed E-state index contributed by atoms with van der Waals surface area (Å²) in [5, 5.41) is 0. The van der Waals surface area contributed by atoms with E-state index >= 15 is 0 Å². The summed E-state index contributed by atoms with van der Waals surface area (Å²) >= 11 is 0. The molecule has 1 aliphatic rings. The molecular weight excluding hydrogens is 206 g/mol. The van der Waals surface area contributed by atoms with Crippen LogP contribution in [-0.4, -0.2) is 0 Å². The van der Waals surface area contributed by atoms with Crippen LogP contribution in [0.3, 0.4) is 0 Å². The zero-order chi connectivity index (χ0) is 12.3. The van der Waals surface area contributed by atoms with Gasteiger partial charge in [0.1, 0.15) is 0 Å². The highest BCUT2D eigenvalue weighted by Gasteiger charge is 2.17. The second-order valence-electron chi connectivity index (χ2n) is 5.29. The van der Waals surface area contributed by atoms with E-state index in [1.807, 2.05) is 0 Å². The SMILES string of the molecule is CCc1cc(C2CCCCC2)cc(CC)c1N. The summed E-state index contributed by atoms with van der Waals surface area (Å²) in [6, 6.07) is 4.73. The van der Waals surface area contributed by atoms with Crippen molar-refractivity contribution in [2.24, 2.45) is 0 Å². The standard InChI is InChI=1S/C16H25N/c1-3-12-10-15(11-13(4-2)16(12)17)14-8-6-5-7-9-14/h10-11,14H,3-9,17H2,1-2H3. The predicted octanol–water partition coefficient (Wildman–Crippen LogP) is 4.44. The third-order valence-electron chi connectivity index (χ3n) is 4.21. The Kier molecular flexibility index (Phi) is 4.09. The van der Waals surface area contributed by atoms with Crippen molar-refractivity contribution in [3.63, 3.8) is 0 Å². The van der Waals surface area contributed by atoms with Gasteiger partial charge in [-0.1, -0.05) is 45.2 Å². The second-order valence-corrected chi connectivity index (χ2v) is 5.29. The molecule has 1 nitrogen and oxygen atoms in total. The normalized spacial score (nSPS) is 17.3. The van der Waals surface area contributed by atoms with E-state index in [1.165, 1.54) is 43.2 Å². The summed E-state index contributed by atoms with van der Waals surface area (Å²) < 4.78 is 0. The largest absolute Gasteiger partial charge is 0.398 e. The Bertz CT molecular complexity index is 350. The Morgan fingerprint density at radius 2 is 1.53 bits per heavy atom. The smallest absolute Gasteiger partial charge is 0.0379 e. The molecule has 0 amide bonds. The van der Waals surface area contributed by atoms with Crippen molar-refractivity contribution in [2.45, 2.75) is 64.7 Å². The average molecular weight is 231 g/mol. The Hall–Kier alpha value is -0.980. The third-order valence-corrected chi connectivity index (χ3v) is 4.21. The maximum atomic E-state index is 6.20. The van der Waals surface area contributed by atoms with Crippen LogP contribution in [0.15, 0.2) is 12.1 Å². The van der Waals surface area contributed by atoms with Gasteiger partial charge in [0.2, 0.25) is 0 Å². The van der Waals surface area contributed by atoms with Gasteiger partial charge < -0.3 is 5.73 Å². The summed E-state index contributed by atoms with van der Waals surface area (Å²) in [7, 11) is 0. The van der Waals surface area contributed by atoms with Gasteiger partial charge in [-0.15, -0.1) is 0 Å². The highest BCUT2D eigenvalue weighted by atomic mass is 14.6. The number of aryl methyl sites for hydroxylation is 2. The number of anilines is 1. The van der Waals surface area contributed by atoms with Crippen molar-refractivity contribution in [2.75, 3.05) is 5.73 Å². The van der Waals surface area contributed by atoms with Crippen LogP contribution in [0.5, 0.6) is 0 Å². The molecule has 94 valence electrons. The van der Waals surface area contributed by atoms with E-state index in [9.17, 15) is 0 Å². The van der Waals surface area contributed by atoms with E-state index in [1.54, 1.807) is 5.56 Å². The Morgan fingerprint density at radius 1 is 1.00 bits per heavy atom. The second kappa shape index (κ2) is 5.57. The molecule has 0 aromatic heterocycles. The van der Waals surface area contributed by atoms with Crippen molar-refractivity contribution >= 4 is 5.69 Å².